The summed E-state index contributed by atoms with van der Waals surface area (Å²) in [6.45, 7) is 0.00586. The molecule has 1 saturated heterocycles. The summed E-state index contributed by atoms with van der Waals surface area (Å²) in [6.07, 6.45) is 0.352. The van der Waals surface area contributed by atoms with Crippen molar-refractivity contribution in [1.29, 1.82) is 0 Å². The summed E-state index contributed by atoms with van der Waals surface area (Å²) < 4.78 is 0. The predicted octanol–water partition coefficient (Wildman–Crippen LogP) is -2.13. The Bertz CT molecular complexity index is 251. The van der Waals surface area contributed by atoms with Gasteiger partial charge >= 0.3 is 0 Å². The lowest BCUT2D eigenvalue weighted by Gasteiger charge is -2.22. The molecule has 0 spiro atoms. The minimum Gasteiger partial charge on any atom is -0.370 e. The van der Waals surface area contributed by atoms with Gasteiger partial charge in [-0.1, -0.05) is 0 Å². The highest BCUT2D eigenvalue weighted by Crippen LogP contribution is 1.99. The summed E-state index contributed by atoms with van der Waals surface area (Å²) in [7, 11) is 0. The van der Waals surface area contributed by atoms with Gasteiger partial charge in [0, 0.05) is 6.42 Å². The van der Waals surface area contributed by atoms with E-state index in [1.165, 1.54) is 0 Å². The fraction of sp³-hybridized carbons (Fsp3) is 0.571. The number of primary amides is 1. The Morgan fingerprint density at radius 2 is 2.23 bits per heavy atom. The number of hydrogen-bond acceptors (Lipinski definition) is 3. The minimum atomic E-state index is -0.617. The number of piperazine rings is 1. The highest BCUT2D eigenvalue weighted by Gasteiger charge is 2.25. The molecule has 4 N–H and O–H groups in total. The van der Waals surface area contributed by atoms with Crippen LogP contribution in [0.2, 0.25) is 0 Å². The quantitative estimate of drug-likeness (QED) is 0.468. The molecule has 0 aromatic rings. The highest BCUT2D eigenvalue weighted by molar-refractivity contribution is 5.94. The van der Waals surface area contributed by atoms with Gasteiger partial charge in [0.2, 0.25) is 17.7 Å². The van der Waals surface area contributed by atoms with Crippen molar-refractivity contribution in [2.24, 2.45) is 5.73 Å². The lowest BCUT2D eigenvalue weighted by molar-refractivity contribution is -0.134. The van der Waals surface area contributed by atoms with E-state index in [1.807, 2.05) is 0 Å². The molecule has 1 fully saturated rings. The summed E-state index contributed by atoms with van der Waals surface area (Å²) in [5.74, 6) is -0.984. The average Bonchev–Trinajstić information content (AvgIpc) is 2.06. The predicted molar refractivity (Wildman–Crippen MR) is 43.4 cm³/mol. The fourth-order valence-electron chi connectivity index (χ4n) is 1.09. The number of amides is 3. The number of nitrogens with one attached hydrogen (secondary N) is 2. The smallest absolute Gasteiger partial charge is 0.243 e. The molecule has 6 heteroatoms. The van der Waals surface area contributed by atoms with Gasteiger partial charge in [0.05, 0.1) is 6.54 Å². The Labute approximate surface area is 74.8 Å². The molecule has 1 atom stereocenters. The van der Waals surface area contributed by atoms with Gasteiger partial charge in [-0.2, -0.15) is 0 Å². The fourth-order valence-corrected chi connectivity index (χ4v) is 1.09. The van der Waals surface area contributed by atoms with Crippen LogP contribution in [0.3, 0.4) is 0 Å². The third-order valence-electron chi connectivity index (χ3n) is 1.75. The first-order valence-corrected chi connectivity index (χ1v) is 3.95. The topological polar surface area (TPSA) is 101 Å². The van der Waals surface area contributed by atoms with Crippen LogP contribution >= 0.6 is 0 Å². The second-order valence-corrected chi connectivity index (χ2v) is 2.84. The summed E-state index contributed by atoms with van der Waals surface area (Å²) >= 11 is 0. The van der Waals surface area contributed by atoms with E-state index in [2.05, 4.69) is 10.6 Å². The second kappa shape index (κ2) is 3.88. The molecule has 72 valence electrons. The van der Waals surface area contributed by atoms with Crippen LogP contribution in [0, 0.1) is 0 Å². The molecule has 0 unspecified atom stereocenters. The van der Waals surface area contributed by atoms with Crippen LogP contribution in [0.5, 0.6) is 0 Å². The van der Waals surface area contributed by atoms with Crippen molar-refractivity contribution in [2.75, 3.05) is 6.54 Å². The average molecular weight is 185 g/mol. The molecule has 1 heterocycles. The van der Waals surface area contributed by atoms with Gasteiger partial charge in [-0.3, -0.25) is 14.4 Å². The van der Waals surface area contributed by atoms with Crippen molar-refractivity contribution >= 4 is 17.7 Å². The maximum atomic E-state index is 11.1. The van der Waals surface area contributed by atoms with E-state index >= 15 is 0 Å². The van der Waals surface area contributed by atoms with E-state index in [0.717, 1.165) is 0 Å². The SMILES string of the molecule is NC(=O)CC[C@@H]1NC(=O)CNC1=O. The highest BCUT2D eigenvalue weighted by atomic mass is 16.2. The maximum Gasteiger partial charge on any atom is 0.243 e. The van der Waals surface area contributed by atoms with Gasteiger partial charge in [0.1, 0.15) is 6.04 Å². The van der Waals surface area contributed by atoms with Crippen molar-refractivity contribution < 1.29 is 14.4 Å². The van der Waals surface area contributed by atoms with E-state index in [-0.39, 0.29) is 31.2 Å². The monoisotopic (exact) mass is 185 g/mol. The first-order valence-electron chi connectivity index (χ1n) is 3.95. The molecular weight excluding hydrogens is 174 g/mol. The molecule has 6 nitrogen and oxygen atoms in total. The summed E-state index contributed by atoms with van der Waals surface area (Å²) in [4.78, 5) is 32.3. The number of hydrogen-bond donors (Lipinski definition) is 3. The van der Waals surface area contributed by atoms with Gasteiger partial charge in [0.15, 0.2) is 0 Å². The number of carbonyl (C=O) groups is 3. The van der Waals surface area contributed by atoms with E-state index in [4.69, 9.17) is 5.73 Å². The minimum absolute atomic E-state index is 0.00586. The van der Waals surface area contributed by atoms with Gasteiger partial charge in [-0.15, -0.1) is 0 Å². The van der Waals surface area contributed by atoms with Crippen molar-refractivity contribution in [3.05, 3.63) is 0 Å². The zero-order valence-corrected chi connectivity index (χ0v) is 7.00. The third-order valence-corrected chi connectivity index (χ3v) is 1.75. The van der Waals surface area contributed by atoms with Crippen molar-refractivity contribution in [2.45, 2.75) is 18.9 Å². The Morgan fingerprint density at radius 1 is 1.54 bits per heavy atom. The first kappa shape index (κ1) is 9.50. The van der Waals surface area contributed by atoms with E-state index in [0.29, 0.717) is 0 Å². The largest absolute Gasteiger partial charge is 0.370 e. The lowest BCUT2D eigenvalue weighted by atomic mass is 10.1. The third kappa shape index (κ3) is 2.73. The first-order chi connectivity index (χ1) is 6.09. The van der Waals surface area contributed by atoms with Crippen molar-refractivity contribution in [3.8, 4) is 0 Å². The van der Waals surface area contributed by atoms with Gasteiger partial charge < -0.3 is 16.4 Å². The standard InChI is InChI=1S/C7H11N3O3/c8-5(11)2-1-4-7(13)9-3-6(12)10-4/h4H,1-3H2,(H2,8,11)(H,9,13)(H,10,12)/t4-/m0/s1. The van der Waals surface area contributed by atoms with Crippen LogP contribution in [-0.2, 0) is 14.4 Å². The summed E-state index contributed by atoms with van der Waals surface area (Å²) in [6, 6.07) is -0.617. The number of carbonyl (C=O) groups excluding carboxylic acids is 3. The van der Waals surface area contributed by atoms with E-state index in [9.17, 15) is 14.4 Å². The van der Waals surface area contributed by atoms with Crippen LogP contribution in [0.15, 0.2) is 0 Å². The molecule has 1 rings (SSSR count). The van der Waals surface area contributed by atoms with Crippen LogP contribution in [0.4, 0.5) is 0 Å². The molecule has 0 bridgehead atoms. The van der Waals surface area contributed by atoms with Crippen molar-refractivity contribution in [1.82, 2.24) is 10.6 Å². The zero-order chi connectivity index (χ0) is 9.84. The van der Waals surface area contributed by atoms with Crippen LogP contribution in [0.25, 0.3) is 0 Å². The number of nitrogens with two attached hydrogens (primary N) is 1. The molecule has 0 radical (unpaired) electrons. The van der Waals surface area contributed by atoms with Crippen LogP contribution in [-0.4, -0.2) is 30.3 Å². The molecule has 0 aromatic carbocycles. The molecule has 0 saturated carbocycles. The molecule has 13 heavy (non-hydrogen) atoms. The second-order valence-electron chi connectivity index (χ2n) is 2.84. The lowest BCUT2D eigenvalue weighted by Crippen LogP contribution is -2.56. The van der Waals surface area contributed by atoms with Crippen LogP contribution < -0.4 is 16.4 Å². The van der Waals surface area contributed by atoms with Gasteiger partial charge in [-0.25, -0.2) is 0 Å². The Balaban J connectivity index is 2.42. The van der Waals surface area contributed by atoms with Gasteiger partial charge in [0.25, 0.3) is 0 Å². The number of rotatable bonds is 3. The van der Waals surface area contributed by atoms with Gasteiger partial charge in [-0.05, 0) is 6.42 Å². The van der Waals surface area contributed by atoms with Crippen molar-refractivity contribution in [3.63, 3.8) is 0 Å². The maximum absolute atomic E-state index is 11.1. The normalized spacial score (nSPS) is 22.0. The van der Waals surface area contributed by atoms with E-state index in [1.54, 1.807) is 0 Å². The Kier molecular flexibility index (Phi) is 2.84. The van der Waals surface area contributed by atoms with Crippen LogP contribution in [0.1, 0.15) is 12.8 Å². The molecule has 1 aliphatic heterocycles. The summed E-state index contributed by atoms with van der Waals surface area (Å²) in [5.41, 5.74) is 4.91. The zero-order valence-electron chi connectivity index (χ0n) is 7.00. The van der Waals surface area contributed by atoms with E-state index < -0.39 is 11.9 Å². The summed E-state index contributed by atoms with van der Waals surface area (Å²) in [5, 5.41) is 4.87. The molecular formula is C7H11N3O3. The Hall–Kier alpha value is -1.59. The molecule has 0 aromatic heterocycles. The molecule has 0 aliphatic carbocycles. The molecule has 3 amide bonds. The Morgan fingerprint density at radius 3 is 2.85 bits per heavy atom. The molecule has 1 aliphatic rings.